The number of carbonyl (C=O) groups excluding carboxylic acids is 1. The Morgan fingerprint density at radius 1 is 1.00 bits per heavy atom. The van der Waals surface area contributed by atoms with Crippen LogP contribution in [0.2, 0.25) is 0 Å². The van der Waals surface area contributed by atoms with Crippen LogP contribution < -0.4 is 18.9 Å². The van der Waals surface area contributed by atoms with Gasteiger partial charge in [-0.2, -0.15) is 5.26 Å². The van der Waals surface area contributed by atoms with Crippen LogP contribution in [0.15, 0.2) is 36.4 Å². The molecule has 200 valence electrons. The van der Waals surface area contributed by atoms with Crippen molar-refractivity contribution in [2.45, 2.75) is 57.1 Å². The van der Waals surface area contributed by atoms with Crippen LogP contribution in [0, 0.1) is 21.4 Å². The van der Waals surface area contributed by atoms with Crippen LogP contribution in [0.3, 0.4) is 0 Å². The van der Waals surface area contributed by atoms with Crippen LogP contribution in [-0.2, 0) is 21.4 Å². The first-order valence-corrected chi connectivity index (χ1v) is 11.8. The number of benzene rings is 2. The molecule has 10 heteroatoms. The average Bonchev–Trinajstić information content (AvgIpc) is 2.91. The summed E-state index contributed by atoms with van der Waals surface area (Å²) in [4.78, 5) is 23.6. The maximum Gasteiger partial charge on any atom is 0.303 e. The number of nitrogens with zero attached hydrogens (tertiary/aromatic N) is 2. The van der Waals surface area contributed by atoms with E-state index < -0.39 is 28.5 Å². The molecule has 0 aromatic heterocycles. The van der Waals surface area contributed by atoms with Crippen LogP contribution in [0.4, 0.5) is 0 Å². The second-order valence-electron chi connectivity index (χ2n) is 8.55. The fourth-order valence-electron chi connectivity index (χ4n) is 4.38. The van der Waals surface area contributed by atoms with Gasteiger partial charge in [-0.15, -0.1) is 0 Å². The third-order valence-electron chi connectivity index (χ3n) is 6.52. The van der Waals surface area contributed by atoms with Crippen molar-refractivity contribution in [3.8, 4) is 29.1 Å². The number of hydrogen-bond donors (Lipinski definition) is 0. The Morgan fingerprint density at radius 3 is 2.05 bits per heavy atom. The molecule has 3 unspecified atom stereocenters. The van der Waals surface area contributed by atoms with Gasteiger partial charge in [0.1, 0.15) is 0 Å². The summed E-state index contributed by atoms with van der Waals surface area (Å²) in [6.45, 7) is 3.08. The molecule has 2 aromatic carbocycles. The first-order chi connectivity index (χ1) is 17.7. The number of nitro groups is 1. The number of ether oxygens (including phenoxy) is 5. The number of hydrogen-bond acceptors (Lipinski definition) is 9. The Labute approximate surface area is 217 Å². The molecule has 0 aliphatic heterocycles. The average molecular weight is 515 g/mol. The molecule has 0 spiro atoms. The summed E-state index contributed by atoms with van der Waals surface area (Å²) in [5.41, 5.74) is 0.329. The fraction of sp³-hybridized carbons (Fsp3) is 0.481. The summed E-state index contributed by atoms with van der Waals surface area (Å²) in [5.74, 6) is 1.30. The summed E-state index contributed by atoms with van der Waals surface area (Å²) in [7, 11) is 6.01. The van der Waals surface area contributed by atoms with Crippen molar-refractivity contribution in [3.63, 3.8) is 0 Å². The van der Waals surface area contributed by atoms with Crippen molar-refractivity contribution in [3.05, 3.63) is 57.6 Å². The predicted octanol–water partition coefficient (Wildman–Crippen LogP) is 4.49. The molecule has 0 amide bonds. The van der Waals surface area contributed by atoms with Crippen molar-refractivity contribution in [1.29, 1.82) is 5.26 Å². The summed E-state index contributed by atoms with van der Waals surface area (Å²) < 4.78 is 26.7. The lowest BCUT2D eigenvalue weighted by molar-refractivity contribution is -0.533. The Kier molecular flexibility index (Phi) is 10.5. The number of carbonyl (C=O) groups is 1. The molecule has 2 rings (SSSR count). The molecule has 0 N–H and O–H groups in total. The molecule has 0 saturated carbocycles. The number of esters is 1. The molecular formula is C27H34N2O8. The van der Waals surface area contributed by atoms with E-state index in [0.29, 0.717) is 40.5 Å². The van der Waals surface area contributed by atoms with Crippen LogP contribution in [0.25, 0.3) is 0 Å². The summed E-state index contributed by atoms with van der Waals surface area (Å²) in [6, 6.07) is 11.4. The molecule has 0 saturated heterocycles. The van der Waals surface area contributed by atoms with Crippen molar-refractivity contribution in [1.82, 2.24) is 0 Å². The second kappa shape index (κ2) is 13.3. The standard InChI is InChI=1S/C27H34N2O8/c1-7-27(17-28,20-9-11-24(34-4)26(16-20)36-6)13-12-22(37-18(2)30)21(29(31)32)14-19-8-10-23(33-3)25(15-19)35-5/h8-11,15-16,21-22H,7,12-14H2,1-6H3. The Balaban J connectivity index is 2.39. The Morgan fingerprint density at radius 2 is 1.57 bits per heavy atom. The van der Waals surface area contributed by atoms with E-state index in [1.54, 1.807) is 36.4 Å². The van der Waals surface area contributed by atoms with Gasteiger partial charge < -0.3 is 23.7 Å². The molecule has 0 aliphatic rings. The zero-order valence-electron chi connectivity index (χ0n) is 22.1. The lowest BCUT2D eigenvalue weighted by Crippen LogP contribution is -2.40. The molecule has 0 bridgehead atoms. The molecule has 0 heterocycles. The van der Waals surface area contributed by atoms with Crippen molar-refractivity contribution in [2.75, 3.05) is 28.4 Å². The Bertz CT molecular complexity index is 1130. The maximum absolute atomic E-state index is 12.2. The van der Waals surface area contributed by atoms with E-state index >= 15 is 0 Å². The molecule has 3 atom stereocenters. The van der Waals surface area contributed by atoms with E-state index in [9.17, 15) is 20.2 Å². The quantitative estimate of drug-likeness (QED) is 0.203. The largest absolute Gasteiger partial charge is 0.493 e. The lowest BCUT2D eigenvalue weighted by atomic mass is 9.74. The summed E-state index contributed by atoms with van der Waals surface area (Å²) in [5, 5.41) is 22.4. The molecule has 0 fully saturated rings. The predicted molar refractivity (Wildman–Crippen MR) is 136 cm³/mol. The smallest absolute Gasteiger partial charge is 0.303 e. The van der Waals surface area contributed by atoms with E-state index in [1.807, 2.05) is 6.92 Å². The van der Waals surface area contributed by atoms with Gasteiger partial charge in [0.2, 0.25) is 0 Å². The minimum atomic E-state index is -1.24. The van der Waals surface area contributed by atoms with E-state index in [0.717, 1.165) is 0 Å². The van der Waals surface area contributed by atoms with Gasteiger partial charge in [0.05, 0.1) is 39.9 Å². The van der Waals surface area contributed by atoms with Gasteiger partial charge in [-0.25, -0.2) is 0 Å². The Hall–Kier alpha value is -4.00. The highest BCUT2D eigenvalue weighted by Gasteiger charge is 2.39. The second-order valence-corrected chi connectivity index (χ2v) is 8.55. The lowest BCUT2D eigenvalue weighted by Gasteiger charge is -2.29. The summed E-state index contributed by atoms with van der Waals surface area (Å²) >= 11 is 0. The zero-order chi connectivity index (χ0) is 27.6. The van der Waals surface area contributed by atoms with Gasteiger partial charge in [0, 0.05) is 18.3 Å². The van der Waals surface area contributed by atoms with Crippen molar-refractivity contribution < 1.29 is 33.4 Å². The minimum Gasteiger partial charge on any atom is -0.493 e. The molecular weight excluding hydrogens is 480 g/mol. The number of methoxy groups -OCH3 is 4. The third kappa shape index (κ3) is 7.03. The van der Waals surface area contributed by atoms with Gasteiger partial charge in [-0.05, 0) is 54.7 Å². The van der Waals surface area contributed by atoms with Crippen LogP contribution in [0.5, 0.6) is 23.0 Å². The first-order valence-electron chi connectivity index (χ1n) is 11.8. The first kappa shape index (κ1) is 29.2. The van der Waals surface area contributed by atoms with Crippen LogP contribution in [0.1, 0.15) is 44.2 Å². The van der Waals surface area contributed by atoms with E-state index in [-0.39, 0.29) is 19.3 Å². The van der Waals surface area contributed by atoms with Gasteiger partial charge in [0.15, 0.2) is 29.1 Å². The monoisotopic (exact) mass is 514 g/mol. The summed E-state index contributed by atoms with van der Waals surface area (Å²) in [6.07, 6.45) is -0.296. The third-order valence-corrected chi connectivity index (χ3v) is 6.52. The maximum atomic E-state index is 12.2. The van der Waals surface area contributed by atoms with E-state index in [2.05, 4.69) is 6.07 Å². The van der Waals surface area contributed by atoms with Crippen LogP contribution in [-0.4, -0.2) is 51.5 Å². The zero-order valence-corrected chi connectivity index (χ0v) is 22.1. The van der Waals surface area contributed by atoms with Crippen LogP contribution >= 0.6 is 0 Å². The van der Waals surface area contributed by atoms with Gasteiger partial charge in [0.25, 0.3) is 6.04 Å². The van der Waals surface area contributed by atoms with Gasteiger partial charge in [-0.1, -0.05) is 19.1 Å². The highest BCUT2D eigenvalue weighted by molar-refractivity contribution is 5.66. The van der Waals surface area contributed by atoms with Gasteiger partial charge in [-0.3, -0.25) is 14.9 Å². The molecule has 0 aliphatic carbocycles. The SMILES string of the molecule is CCC(C#N)(CCC(OC(C)=O)C(Cc1ccc(OC)c(OC)c1)[N+](=O)[O-])c1ccc(OC)c(OC)c1. The fourth-order valence-corrected chi connectivity index (χ4v) is 4.38. The number of nitriles is 1. The van der Waals surface area contributed by atoms with Crippen molar-refractivity contribution >= 4 is 5.97 Å². The molecule has 2 aromatic rings. The van der Waals surface area contributed by atoms with E-state index in [4.69, 9.17) is 23.7 Å². The van der Waals surface area contributed by atoms with E-state index in [1.165, 1.54) is 35.4 Å². The normalized spacial score (nSPS) is 13.9. The molecule has 0 radical (unpaired) electrons. The van der Waals surface area contributed by atoms with Crippen molar-refractivity contribution in [2.24, 2.45) is 0 Å². The number of rotatable bonds is 14. The highest BCUT2D eigenvalue weighted by Crippen LogP contribution is 2.39. The topological polar surface area (TPSA) is 130 Å². The highest BCUT2D eigenvalue weighted by atomic mass is 16.6. The molecule has 10 nitrogen and oxygen atoms in total. The minimum absolute atomic E-state index is 0.00661. The van der Waals surface area contributed by atoms with Gasteiger partial charge >= 0.3 is 5.97 Å². The molecule has 37 heavy (non-hydrogen) atoms.